The third kappa shape index (κ3) is 4.64. The third-order valence-corrected chi connectivity index (χ3v) is 4.50. The fourth-order valence-electron chi connectivity index (χ4n) is 2.35. The highest BCUT2D eigenvalue weighted by molar-refractivity contribution is 7.12. The molecule has 0 bridgehead atoms. The van der Waals surface area contributed by atoms with E-state index in [-0.39, 0.29) is 35.9 Å². The average molecular weight is 378 g/mol. The summed E-state index contributed by atoms with van der Waals surface area (Å²) in [5.74, 6) is -1.19. The van der Waals surface area contributed by atoms with Crippen molar-refractivity contribution in [2.45, 2.75) is 13.8 Å². The number of ether oxygens (including phenoxy) is 1. The van der Waals surface area contributed by atoms with Crippen LogP contribution >= 0.6 is 11.3 Å². The number of nitrogens with one attached hydrogen (secondary N) is 1. The van der Waals surface area contributed by atoms with Crippen molar-refractivity contribution < 1.29 is 24.4 Å². The first-order valence-corrected chi connectivity index (χ1v) is 8.55. The normalized spacial score (nSPS) is 10.4. The van der Waals surface area contributed by atoms with Gasteiger partial charge >= 0.3 is 5.97 Å². The molecule has 0 unspecified atom stereocenters. The summed E-state index contributed by atoms with van der Waals surface area (Å²) < 4.78 is 5.05. The molecule has 0 saturated carbocycles. The number of carbonyl (C=O) groups is 2. The summed E-state index contributed by atoms with van der Waals surface area (Å²) in [5, 5.41) is 22.6. The second-order valence-corrected chi connectivity index (χ2v) is 6.92. The zero-order valence-corrected chi connectivity index (χ0v) is 15.1. The third-order valence-electron chi connectivity index (χ3n) is 3.54. The van der Waals surface area contributed by atoms with Crippen LogP contribution in [0.25, 0.3) is 0 Å². The molecule has 2 N–H and O–H groups in total. The van der Waals surface area contributed by atoms with Crippen LogP contribution in [0.5, 0.6) is 0 Å². The standard InChI is InChI=1S/C17H18N2O6S/c1-10-7-13(11(2)26-10)16(21)9-25-17(22)14-8-12(19(23)24)3-4-15(14)18-5-6-20/h3-4,7-8,18,20H,5-6,9H2,1-2H3. The minimum absolute atomic E-state index is 0.0707. The van der Waals surface area contributed by atoms with Crippen LogP contribution in [-0.2, 0) is 4.74 Å². The number of benzene rings is 1. The lowest BCUT2D eigenvalue weighted by molar-refractivity contribution is -0.384. The molecule has 0 aliphatic heterocycles. The Kier molecular flexibility index (Phi) is 6.42. The molecule has 1 aromatic heterocycles. The van der Waals surface area contributed by atoms with Gasteiger partial charge < -0.3 is 15.2 Å². The van der Waals surface area contributed by atoms with Gasteiger partial charge in [-0.25, -0.2) is 4.79 Å². The quantitative estimate of drug-likeness (QED) is 0.314. The monoisotopic (exact) mass is 378 g/mol. The Balaban J connectivity index is 2.16. The minimum Gasteiger partial charge on any atom is -0.454 e. The Bertz CT molecular complexity index is 846. The topological polar surface area (TPSA) is 119 Å². The largest absolute Gasteiger partial charge is 0.454 e. The molecule has 0 saturated heterocycles. The Morgan fingerprint density at radius 3 is 2.58 bits per heavy atom. The molecule has 0 amide bonds. The van der Waals surface area contributed by atoms with Gasteiger partial charge in [-0.2, -0.15) is 0 Å². The number of aliphatic hydroxyl groups excluding tert-OH is 1. The van der Waals surface area contributed by atoms with E-state index in [9.17, 15) is 19.7 Å². The van der Waals surface area contributed by atoms with Crippen molar-refractivity contribution in [3.63, 3.8) is 0 Å². The molecule has 0 aliphatic rings. The molecular formula is C17H18N2O6S. The smallest absolute Gasteiger partial charge is 0.340 e. The molecule has 26 heavy (non-hydrogen) atoms. The van der Waals surface area contributed by atoms with Crippen molar-refractivity contribution in [3.05, 3.63) is 55.3 Å². The fraction of sp³-hybridized carbons (Fsp3) is 0.294. The van der Waals surface area contributed by atoms with E-state index >= 15 is 0 Å². The number of nitrogens with zero attached hydrogens (tertiary/aromatic N) is 1. The number of ketones is 1. The predicted molar refractivity (Wildman–Crippen MR) is 97.1 cm³/mol. The van der Waals surface area contributed by atoms with E-state index in [1.165, 1.54) is 23.5 Å². The summed E-state index contributed by atoms with van der Waals surface area (Å²) in [6.07, 6.45) is 0. The molecule has 9 heteroatoms. The zero-order chi connectivity index (χ0) is 19.3. The van der Waals surface area contributed by atoms with Gasteiger partial charge in [-0.05, 0) is 26.0 Å². The first-order chi connectivity index (χ1) is 12.3. The van der Waals surface area contributed by atoms with E-state index in [1.54, 1.807) is 6.07 Å². The van der Waals surface area contributed by atoms with E-state index in [0.717, 1.165) is 15.8 Å². The number of thiophene rings is 1. The minimum atomic E-state index is -0.855. The fourth-order valence-corrected chi connectivity index (χ4v) is 3.30. The van der Waals surface area contributed by atoms with Crippen LogP contribution in [0.4, 0.5) is 11.4 Å². The number of Topliss-reactive ketones (excluding diaryl/α,β-unsaturated/α-hetero) is 1. The highest BCUT2D eigenvalue weighted by Crippen LogP contribution is 2.24. The number of aliphatic hydroxyl groups is 1. The van der Waals surface area contributed by atoms with Crippen LogP contribution in [0.15, 0.2) is 24.3 Å². The number of aryl methyl sites for hydroxylation is 2. The number of rotatable bonds is 8. The number of esters is 1. The lowest BCUT2D eigenvalue weighted by atomic mass is 10.1. The van der Waals surface area contributed by atoms with Gasteiger partial charge in [-0.1, -0.05) is 0 Å². The van der Waals surface area contributed by atoms with Gasteiger partial charge in [-0.3, -0.25) is 14.9 Å². The first kappa shape index (κ1) is 19.5. The summed E-state index contributed by atoms with van der Waals surface area (Å²) in [6, 6.07) is 5.40. The van der Waals surface area contributed by atoms with Crippen LogP contribution in [0, 0.1) is 24.0 Å². The van der Waals surface area contributed by atoms with E-state index < -0.39 is 17.5 Å². The number of non-ortho nitro benzene ring substituents is 1. The van der Waals surface area contributed by atoms with Crippen molar-refractivity contribution in [2.75, 3.05) is 25.1 Å². The average Bonchev–Trinajstić information content (AvgIpc) is 2.95. The summed E-state index contributed by atoms with van der Waals surface area (Å²) in [4.78, 5) is 36.7. The van der Waals surface area contributed by atoms with Crippen molar-refractivity contribution in [2.24, 2.45) is 0 Å². The van der Waals surface area contributed by atoms with Gasteiger partial charge in [0.1, 0.15) is 0 Å². The first-order valence-electron chi connectivity index (χ1n) is 7.74. The van der Waals surface area contributed by atoms with Crippen LogP contribution in [-0.4, -0.2) is 41.5 Å². The lowest BCUT2D eigenvalue weighted by Gasteiger charge is -2.11. The molecule has 1 heterocycles. The van der Waals surface area contributed by atoms with Crippen molar-refractivity contribution >= 4 is 34.5 Å². The SMILES string of the molecule is Cc1cc(C(=O)COC(=O)c2cc([N+](=O)[O-])ccc2NCCO)c(C)s1. The lowest BCUT2D eigenvalue weighted by Crippen LogP contribution is -2.17. The Morgan fingerprint density at radius 1 is 1.27 bits per heavy atom. The van der Waals surface area contributed by atoms with Gasteiger partial charge in [0, 0.05) is 39.7 Å². The summed E-state index contributed by atoms with van der Waals surface area (Å²) in [6.45, 7) is 3.20. The van der Waals surface area contributed by atoms with Crippen LogP contribution < -0.4 is 5.32 Å². The predicted octanol–water partition coefficient (Wildman–Crippen LogP) is 2.72. The van der Waals surface area contributed by atoms with Crippen LogP contribution in [0.1, 0.15) is 30.5 Å². The van der Waals surface area contributed by atoms with Gasteiger partial charge in [0.25, 0.3) is 5.69 Å². The molecule has 138 valence electrons. The molecule has 2 rings (SSSR count). The van der Waals surface area contributed by atoms with Crippen LogP contribution in [0.3, 0.4) is 0 Å². The maximum absolute atomic E-state index is 12.3. The van der Waals surface area contributed by atoms with E-state index in [2.05, 4.69) is 5.32 Å². The van der Waals surface area contributed by atoms with E-state index in [1.807, 2.05) is 13.8 Å². The number of anilines is 1. The number of hydrogen-bond donors (Lipinski definition) is 2. The molecule has 0 spiro atoms. The highest BCUT2D eigenvalue weighted by Gasteiger charge is 2.20. The van der Waals surface area contributed by atoms with Gasteiger partial charge in [-0.15, -0.1) is 11.3 Å². The molecule has 8 nitrogen and oxygen atoms in total. The van der Waals surface area contributed by atoms with Gasteiger partial charge in [0.15, 0.2) is 6.61 Å². The Labute approximate surface area is 153 Å². The summed E-state index contributed by atoms with van der Waals surface area (Å²) in [5.41, 5.74) is 0.434. The molecular weight excluding hydrogens is 360 g/mol. The zero-order valence-electron chi connectivity index (χ0n) is 14.3. The van der Waals surface area contributed by atoms with Crippen molar-refractivity contribution in [3.8, 4) is 0 Å². The van der Waals surface area contributed by atoms with Gasteiger partial charge in [0.05, 0.1) is 17.1 Å². The molecule has 0 atom stereocenters. The van der Waals surface area contributed by atoms with Crippen molar-refractivity contribution in [1.29, 1.82) is 0 Å². The number of hydrogen-bond acceptors (Lipinski definition) is 8. The van der Waals surface area contributed by atoms with Crippen LogP contribution in [0.2, 0.25) is 0 Å². The van der Waals surface area contributed by atoms with E-state index in [4.69, 9.17) is 9.84 Å². The molecule has 0 aliphatic carbocycles. The maximum atomic E-state index is 12.3. The number of carbonyl (C=O) groups excluding carboxylic acids is 2. The molecule has 0 fully saturated rings. The molecule has 2 aromatic rings. The Hall–Kier alpha value is -2.78. The maximum Gasteiger partial charge on any atom is 0.340 e. The molecule has 0 radical (unpaired) electrons. The van der Waals surface area contributed by atoms with Gasteiger partial charge in [0.2, 0.25) is 5.78 Å². The second kappa shape index (κ2) is 8.54. The summed E-state index contributed by atoms with van der Waals surface area (Å²) >= 11 is 1.47. The Morgan fingerprint density at radius 2 is 2.00 bits per heavy atom. The van der Waals surface area contributed by atoms with E-state index in [0.29, 0.717) is 5.56 Å². The molecule has 1 aromatic carbocycles. The van der Waals surface area contributed by atoms with Crippen molar-refractivity contribution in [1.82, 2.24) is 0 Å². The second-order valence-electron chi connectivity index (χ2n) is 5.46. The number of nitro benzene ring substituents is 1. The summed E-state index contributed by atoms with van der Waals surface area (Å²) in [7, 11) is 0. The number of nitro groups is 1. The highest BCUT2D eigenvalue weighted by atomic mass is 32.1.